The van der Waals surface area contributed by atoms with Gasteiger partial charge in [-0.1, -0.05) is 36.4 Å². The molecule has 1 nitrogen and oxygen atoms in total. The molecule has 0 atom stereocenters. The second-order valence-corrected chi connectivity index (χ2v) is 3.90. The summed E-state index contributed by atoms with van der Waals surface area (Å²) in [7, 11) is 0. The van der Waals surface area contributed by atoms with Gasteiger partial charge >= 0.3 is 0 Å². The zero-order valence-electron chi connectivity index (χ0n) is 8.56. The van der Waals surface area contributed by atoms with Crippen molar-refractivity contribution in [1.82, 2.24) is 0 Å². The van der Waals surface area contributed by atoms with E-state index in [1.807, 2.05) is 0 Å². The fourth-order valence-electron chi connectivity index (χ4n) is 2.06. The van der Waals surface area contributed by atoms with Gasteiger partial charge in [0, 0.05) is 18.4 Å². The number of anilines is 1. The van der Waals surface area contributed by atoms with E-state index in [1.165, 1.54) is 16.5 Å². The number of hydrogen-bond acceptors (Lipinski definition) is 1. The molecule has 1 heteroatoms. The minimum Gasteiger partial charge on any atom is -0.348 e. The molecule has 2 aromatic carbocycles. The third-order valence-electron chi connectivity index (χ3n) is 2.89. The van der Waals surface area contributed by atoms with Gasteiger partial charge < -0.3 is 4.90 Å². The van der Waals surface area contributed by atoms with Crippen molar-refractivity contribution >= 4 is 16.5 Å². The first-order valence-corrected chi connectivity index (χ1v) is 5.35. The molecule has 2 aromatic rings. The number of benzene rings is 2. The highest BCUT2D eigenvalue weighted by molar-refractivity contribution is 5.86. The fourth-order valence-corrected chi connectivity index (χ4v) is 2.06. The van der Waals surface area contributed by atoms with Crippen molar-refractivity contribution < 1.29 is 0 Å². The Labute approximate surface area is 89.6 Å². The van der Waals surface area contributed by atoms with Crippen molar-refractivity contribution in [2.75, 3.05) is 11.4 Å². The molecule has 1 aliphatic rings. The first-order valence-electron chi connectivity index (χ1n) is 5.35. The summed E-state index contributed by atoms with van der Waals surface area (Å²) in [4.78, 5) is 2.30. The maximum atomic E-state index is 2.30. The van der Waals surface area contributed by atoms with E-state index in [2.05, 4.69) is 59.6 Å². The highest BCUT2D eigenvalue weighted by atomic mass is 15.1. The van der Waals surface area contributed by atoms with Gasteiger partial charge in [-0.2, -0.15) is 0 Å². The molecule has 0 radical (unpaired) electrons. The highest BCUT2D eigenvalue weighted by Crippen LogP contribution is 2.24. The van der Waals surface area contributed by atoms with Crippen molar-refractivity contribution in [3.05, 3.63) is 54.7 Å². The molecule has 0 bridgehead atoms. The molecule has 0 unspecified atom stereocenters. The number of rotatable bonds is 1. The standard InChI is InChI=1S/C14H13N/c1-2-6-13-11-14(8-7-12(13)5-1)15-9-3-4-10-15/h1-3,5-9,11H,4,10H2. The highest BCUT2D eigenvalue weighted by Gasteiger charge is 2.06. The SMILES string of the molecule is C1=CN(c2ccc3ccccc3c2)CC1. The third kappa shape index (κ3) is 1.50. The smallest absolute Gasteiger partial charge is 0.0412 e. The number of nitrogens with zero attached hydrogens (tertiary/aromatic N) is 1. The van der Waals surface area contributed by atoms with Crippen molar-refractivity contribution in [2.24, 2.45) is 0 Å². The van der Waals surface area contributed by atoms with Gasteiger partial charge in [0.2, 0.25) is 0 Å². The van der Waals surface area contributed by atoms with Crippen LogP contribution in [0.15, 0.2) is 54.7 Å². The summed E-state index contributed by atoms with van der Waals surface area (Å²) in [6.45, 7) is 1.11. The summed E-state index contributed by atoms with van der Waals surface area (Å²) in [6, 6.07) is 15.1. The van der Waals surface area contributed by atoms with Gasteiger partial charge in [-0.05, 0) is 29.3 Å². The van der Waals surface area contributed by atoms with Crippen LogP contribution >= 0.6 is 0 Å². The Hall–Kier alpha value is -1.76. The zero-order valence-corrected chi connectivity index (χ0v) is 8.56. The van der Waals surface area contributed by atoms with Crippen LogP contribution in [-0.4, -0.2) is 6.54 Å². The largest absolute Gasteiger partial charge is 0.348 e. The molecule has 0 fully saturated rings. The van der Waals surface area contributed by atoms with Crippen molar-refractivity contribution in [3.8, 4) is 0 Å². The lowest BCUT2D eigenvalue weighted by molar-refractivity contribution is 1.00. The molecule has 0 aromatic heterocycles. The maximum Gasteiger partial charge on any atom is 0.0412 e. The van der Waals surface area contributed by atoms with Crippen LogP contribution in [0.3, 0.4) is 0 Å². The van der Waals surface area contributed by atoms with Crippen LogP contribution in [0.25, 0.3) is 10.8 Å². The van der Waals surface area contributed by atoms with Gasteiger partial charge in [-0.25, -0.2) is 0 Å². The van der Waals surface area contributed by atoms with E-state index in [0.29, 0.717) is 0 Å². The first-order chi connectivity index (χ1) is 7.43. The lowest BCUT2D eigenvalue weighted by atomic mass is 10.1. The molecule has 0 N–H and O–H groups in total. The second-order valence-electron chi connectivity index (χ2n) is 3.90. The van der Waals surface area contributed by atoms with E-state index in [0.717, 1.165) is 13.0 Å². The quantitative estimate of drug-likeness (QED) is 0.672. The minimum atomic E-state index is 1.11. The van der Waals surface area contributed by atoms with Crippen LogP contribution in [0.1, 0.15) is 6.42 Å². The van der Waals surface area contributed by atoms with Crippen LogP contribution in [0.5, 0.6) is 0 Å². The second kappa shape index (κ2) is 3.43. The molecule has 1 heterocycles. The molecule has 0 spiro atoms. The van der Waals surface area contributed by atoms with E-state index < -0.39 is 0 Å². The molecule has 0 saturated heterocycles. The molecule has 0 aliphatic carbocycles. The van der Waals surface area contributed by atoms with E-state index in [-0.39, 0.29) is 0 Å². The van der Waals surface area contributed by atoms with Crippen LogP contribution in [-0.2, 0) is 0 Å². The lowest BCUT2D eigenvalue weighted by Crippen LogP contribution is -2.11. The van der Waals surface area contributed by atoms with Crippen LogP contribution < -0.4 is 4.90 Å². The molecular formula is C14H13N. The fraction of sp³-hybridized carbons (Fsp3) is 0.143. The monoisotopic (exact) mass is 195 g/mol. The normalized spacial score (nSPS) is 15.1. The zero-order chi connectivity index (χ0) is 10.1. The molecule has 0 amide bonds. The summed E-state index contributed by atoms with van der Waals surface area (Å²) in [5.74, 6) is 0. The lowest BCUT2D eigenvalue weighted by Gasteiger charge is -2.15. The molecular weight excluding hydrogens is 182 g/mol. The topological polar surface area (TPSA) is 3.24 Å². The van der Waals surface area contributed by atoms with Crippen LogP contribution in [0.4, 0.5) is 5.69 Å². The molecule has 15 heavy (non-hydrogen) atoms. The Kier molecular flexibility index (Phi) is 1.95. The van der Waals surface area contributed by atoms with Gasteiger partial charge in [0.1, 0.15) is 0 Å². The van der Waals surface area contributed by atoms with Gasteiger partial charge in [0.25, 0.3) is 0 Å². The molecule has 74 valence electrons. The average Bonchev–Trinajstić information content (AvgIpc) is 2.82. The summed E-state index contributed by atoms with van der Waals surface area (Å²) in [6.07, 6.45) is 5.55. The Morgan fingerprint density at radius 1 is 0.933 bits per heavy atom. The van der Waals surface area contributed by atoms with Crippen LogP contribution in [0, 0.1) is 0 Å². The Bertz CT molecular complexity index is 513. The molecule has 1 aliphatic heterocycles. The van der Waals surface area contributed by atoms with Gasteiger partial charge in [0.05, 0.1) is 0 Å². The van der Waals surface area contributed by atoms with Crippen LogP contribution in [0.2, 0.25) is 0 Å². The van der Waals surface area contributed by atoms with Crippen molar-refractivity contribution in [1.29, 1.82) is 0 Å². The van der Waals surface area contributed by atoms with E-state index >= 15 is 0 Å². The summed E-state index contributed by atoms with van der Waals surface area (Å²) in [5, 5.41) is 2.62. The number of fused-ring (bicyclic) bond motifs is 1. The van der Waals surface area contributed by atoms with Crippen molar-refractivity contribution in [2.45, 2.75) is 6.42 Å². The van der Waals surface area contributed by atoms with Gasteiger partial charge in [-0.3, -0.25) is 0 Å². The minimum absolute atomic E-state index is 1.11. The Morgan fingerprint density at radius 3 is 2.60 bits per heavy atom. The summed E-state index contributed by atoms with van der Waals surface area (Å²) < 4.78 is 0. The van der Waals surface area contributed by atoms with E-state index in [4.69, 9.17) is 0 Å². The number of hydrogen-bond donors (Lipinski definition) is 0. The first kappa shape index (κ1) is 8.54. The van der Waals surface area contributed by atoms with Gasteiger partial charge in [-0.15, -0.1) is 0 Å². The van der Waals surface area contributed by atoms with Gasteiger partial charge in [0.15, 0.2) is 0 Å². The average molecular weight is 195 g/mol. The molecule has 0 saturated carbocycles. The van der Waals surface area contributed by atoms with E-state index in [9.17, 15) is 0 Å². The predicted molar refractivity (Wildman–Crippen MR) is 65.1 cm³/mol. The Balaban J connectivity index is 2.09. The third-order valence-corrected chi connectivity index (χ3v) is 2.89. The Morgan fingerprint density at radius 2 is 1.80 bits per heavy atom. The molecule has 3 rings (SSSR count). The predicted octanol–water partition coefficient (Wildman–Crippen LogP) is 3.56. The summed E-state index contributed by atoms with van der Waals surface area (Å²) in [5.41, 5.74) is 1.29. The van der Waals surface area contributed by atoms with E-state index in [1.54, 1.807) is 0 Å². The summed E-state index contributed by atoms with van der Waals surface area (Å²) >= 11 is 0. The maximum absolute atomic E-state index is 2.30. The van der Waals surface area contributed by atoms with Crippen molar-refractivity contribution in [3.63, 3.8) is 0 Å².